The molecule has 0 unspecified atom stereocenters. The van der Waals surface area contributed by atoms with Crippen molar-refractivity contribution >= 4 is 28.8 Å². The van der Waals surface area contributed by atoms with Crippen molar-refractivity contribution in [3.05, 3.63) is 120 Å². The van der Waals surface area contributed by atoms with Crippen LogP contribution in [-0.2, 0) is 0 Å². The lowest BCUT2D eigenvalue weighted by Crippen LogP contribution is -2.74. The summed E-state index contributed by atoms with van der Waals surface area (Å²) in [4.78, 5) is 0. The van der Waals surface area contributed by atoms with Gasteiger partial charge < -0.3 is 0 Å². The predicted molar refractivity (Wildman–Crippen MR) is 124 cm³/mol. The third-order valence-corrected chi connectivity index (χ3v) is 10.4. The van der Waals surface area contributed by atoms with Gasteiger partial charge in [-0.1, -0.05) is 102 Å². The molecule has 4 rings (SSSR count). The van der Waals surface area contributed by atoms with Gasteiger partial charge in [0.1, 0.15) is 5.82 Å². The van der Waals surface area contributed by atoms with Gasteiger partial charge in [0.2, 0.25) is 0 Å². The SMILES string of the molecule is Cc1cccc([Si](c2ccc(F)cc2)(c2cccc(C)c2)c2cccc(C)c2)c1. The second-order valence-corrected chi connectivity index (χ2v) is 11.7. The van der Waals surface area contributed by atoms with E-state index in [0.29, 0.717) is 0 Å². The van der Waals surface area contributed by atoms with E-state index in [0.717, 1.165) is 0 Å². The van der Waals surface area contributed by atoms with E-state index < -0.39 is 8.07 Å². The van der Waals surface area contributed by atoms with Crippen molar-refractivity contribution in [2.24, 2.45) is 0 Å². The Balaban J connectivity index is 2.17. The molecule has 0 saturated heterocycles. The average molecular weight is 397 g/mol. The van der Waals surface area contributed by atoms with E-state index >= 15 is 0 Å². The van der Waals surface area contributed by atoms with Crippen LogP contribution in [0.4, 0.5) is 4.39 Å². The third kappa shape index (κ3) is 3.56. The van der Waals surface area contributed by atoms with Crippen LogP contribution in [0.25, 0.3) is 0 Å². The summed E-state index contributed by atoms with van der Waals surface area (Å²) in [6.07, 6.45) is 0. The molecule has 0 aliphatic heterocycles. The molecule has 4 aromatic rings. The molecule has 0 heterocycles. The topological polar surface area (TPSA) is 0 Å². The highest BCUT2D eigenvalue weighted by Gasteiger charge is 2.41. The summed E-state index contributed by atoms with van der Waals surface area (Å²) >= 11 is 0. The van der Waals surface area contributed by atoms with E-state index in [9.17, 15) is 4.39 Å². The fraction of sp³-hybridized carbons (Fsp3) is 0.111. The van der Waals surface area contributed by atoms with Gasteiger partial charge in [0.05, 0.1) is 0 Å². The Bertz CT molecular complexity index is 1030. The Kier molecular flexibility index (Phi) is 5.21. The van der Waals surface area contributed by atoms with Gasteiger partial charge in [-0.25, -0.2) is 4.39 Å². The normalized spacial score (nSPS) is 11.4. The summed E-state index contributed by atoms with van der Waals surface area (Å²) in [6, 6.07) is 33.6. The second-order valence-electron chi connectivity index (χ2n) is 7.87. The molecule has 0 nitrogen and oxygen atoms in total. The summed E-state index contributed by atoms with van der Waals surface area (Å²) in [6.45, 7) is 6.42. The molecule has 144 valence electrons. The van der Waals surface area contributed by atoms with Gasteiger partial charge in [-0.3, -0.25) is 0 Å². The quantitative estimate of drug-likeness (QED) is 0.359. The Morgan fingerprint density at radius 1 is 0.483 bits per heavy atom. The van der Waals surface area contributed by atoms with Crippen LogP contribution in [0.5, 0.6) is 0 Å². The van der Waals surface area contributed by atoms with Crippen LogP contribution < -0.4 is 20.7 Å². The first-order valence-corrected chi connectivity index (χ1v) is 12.0. The van der Waals surface area contributed by atoms with Crippen LogP contribution in [0.15, 0.2) is 97.1 Å². The maximum absolute atomic E-state index is 13.9. The number of aryl methyl sites for hydroxylation is 3. The molecule has 0 bridgehead atoms. The molecule has 0 aromatic heterocycles. The smallest absolute Gasteiger partial charge is 0.179 e. The lowest BCUT2D eigenvalue weighted by Gasteiger charge is -2.35. The van der Waals surface area contributed by atoms with Crippen LogP contribution in [-0.4, -0.2) is 8.07 Å². The van der Waals surface area contributed by atoms with E-state index in [-0.39, 0.29) is 5.82 Å². The van der Waals surface area contributed by atoms with Gasteiger partial charge in [-0.15, -0.1) is 0 Å². The molecule has 2 heteroatoms. The highest BCUT2D eigenvalue weighted by atomic mass is 28.3. The number of benzene rings is 4. The van der Waals surface area contributed by atoms with Crippen LogP contribution in [0.3, 0.4) is 0 Å². The molecule has 4 aromatic carbocycles. The van der Waals surface area contributed by atoms with Crippen molar-refractivity contribution in [3.63, 3.8) is 0 Å². The van der Waals surface area contributed by atoms with Crippen molar-refractivity contribution in [2.45, 2.75) is 20.8 Å². The number of rotatable bonds is 4. The molecule has 0 radical (unpaired) electrons. The molecular formula is C27H25FSi. The summed E-state index contributed by atoms with van der Waals surface area (Å²) in [5.41, 5.74) is 3.71. The van der Waals surface area contributed by atoms with Crippen LogP contribution in [0, 0.1) is 26.6 Å². The van der Waals surface area contributed by atoms with Gasteiger partial charge in [0, 0.05) is 0 Å². The first-order chi connectivity index (χ1) is 14.0. The van der Waals surface area contributed by atoms with Gasteiger partial charge >= 0.3 is 0 Å². The van der Waals surface area contributed by atoms with E-state index in [1.165, 1.54) is 37.4 Å². The zero-order valence-electron chi connectivity index (χ0n) is 17.1. The Labute approximate surface area is 173 Å². The number of hydrogen-bond donors (Lipinski definition) is 0. The Morgan fingerprint density at radius 3 is 1.21 bits per heavy atom. The highest BCUT2D eigenvalue weighted by molar-refractivity contribution is 7.19. The fourth-order valence-corrected chi connectivity index (χ4v) is 9.37. The zero-order valence-corrected chi connectivity index (χ0v) is 18.1. The van der Waals surface area contributed by atoms with Crippen molar-refractivity contribution in [1.82, 2.24) is 0 Å². The summed E-state index contributed by atoms with van der Waals surface area (Å²) in [7, 11) is -2.58. The van der Waals surface area contributed by atoms with Crippen LogP contribution in [0.1, 0.15) is 16.7 Å². The highest BCUT2D eigenvalue weighted by Crippen LogP contribution is 2.13. The van der Waals surface area contributed by atoms with Crippen LogP contribution in [0.2, 0.25) is 0 Å². The minimum Gasteiger partial charge on any atom is -0.207 e. The third-order valence-electron chi connectivity index (χ3n) is 5.63. The summed E-state index contributed by atoms with van der Waals surface area (Å²) in [5.74, 6) is -0.200. The Morgan fingerprint density at radius 2 is 0.862 bits per heavy atom. The van der Waals surface area contributed by atoms with E-state index in [4.69, 9.17) is 0 Å². The molecule has 0 saturated carbocycles. The average Bonchev–Trinajstić information content (AvgIpc) is 2.70. The van der Waals surface area contributed by atoms with E-state index in [1.54, 1.807) is 12.1 Å². The van der Waals surface area contributed by atoms with Gasteiger partial charge in [0.25, 0.3) is 0 Å². The zero-order chi connectivity index (χ0) is 20.4. The minimum absolute atomic E-state index is 0.200. The lowest BCUT2D eigenvalue weighted by atomic mass is 10.2. The molecule has 29 heavy (non-hydrogen) atoms. The number of halogens is 1. The van der Waals surface area contributed by atoms with Gasteiger partial charge in [-0.05, 0) is 53.7 Å². The predicted octanol–water partition coefficient (Wildman–Crippen LogP) is 4.13. The monoisotopic (exact) mass is 396 g/mol. The van der Waals surface area contributed by atoms with Crippen molar-refractivity contribution in [2.75, 3.05) is 0 Å². The molecular weight excluding hydrogens is 371 g/mol. The number of hydrogen-bond acceptors (Lipinski definition) is 0. The Hall–Kier alpha value is -2.97. The molecule has 0 amide bonds. The maximum Gasteiger partial charge on any atom is 0.179 e. The fourth-order valence-electron chi connectivity index (χ4n) is 4.33. The van der Waals surface area contributed by atoms with Gasteiger partial charge in [-0.2, -0.15) is 0 Å². The molecule has 0 aliphatic carbocycles. The van der Waals surface area contributed by atoms with Crippen molar-refractivity contribution in [1.29, 1.82) is 0 Å². The molecule has 0 fully saturated rings. The molecule has 0 atom stereocenters. The standard InChI is InChI=1S/C27H25FSi/c1-20-7-4-10-25(17-20)29(24-15-13-23(28)14-16-24,26-11-5-8-21(2)18-26)27-12-6-9-22(3)19-27/h4-19H,1-3H3. The molecule has 0 spiro atoms. The second kappa shape index (κ2) is 7.80. The molecule has 0 N–H and O–H groups in total. The van der Waals surface area contributed by atoms with E-state index in [2.05, 4.69) is 93.6 Å². The van der Waals surface area contributed by atoms with E-state index in [1.807, 2.05) is 12.1 Å². The first kappa shape index (κ1) is 19.3. The summed E-state index contributed by atoms with van der Waals surface area (Å²) in [5, 5.41) is 5.15. The maximum atomic E-state index is 13.9. The largest absolute Gasteiger partial charge is 0.207 e. The van der Waals surface area contributed by atoms with Crippen molar-refractivity contribution < 1.29 is 4.39 Å². The minimum atomic E-state index is -2.58. The molecule has 0 aliphatic rings. The lowest BCUT2D eigenvalue weighted by molar-refractivity contribution is 0.628. The summed E-state index contributed by atoms with van der Waals surface area (Å²) < 4.78 is 13.9. The van der Waals surface area contributed by atoms with Crippen molar-refractivity contribution in [3.8, 4) is 0 Å². The van der Waals surface area contributed by atoms with Gasteiger partial charge in [0.15, 0.2) is 8.07 Å². The van der Waals surface area contributed by atoms with Crippen LogP contribution >= 0.6 is 0 Å². The first-order valence-electron chi connectivity index (χ1n) is 9.97.